The van der Waals surface area contributed by atoms with Crippen molar-refractivity contribution in [1.82, 2.24) is 40.3 Å². The molecule has 0 radical (unpaired) electrons. The number of amides is 2. The molecule has 2 N–H and O–H groups in total. The number of aromatic nitrogens is 7. The molecule has 12 nitrogen and oxygen atoms in total. The minimum Gasteiger partial charge on any atom is -0.347 e. The fraction of sp³-hybridized carbons (Fsp3) is 0.280. The summed E-state index contributed by atoms with van der Waals surface area (Å²) in [6, 6.07) is 7.93. The van der Waals surface area contributed by atoms with Crippen LogP contribution in [0.4, 0.5) is 11.4 Å². The van der Waals surface area contributed by atoms with Crippen LogP contribution in [0.15, 0.2) is 36.5 Å². The largest absolute Gasteiger partial charge is 0.347 e. The van der Waals surface area contributed by atoms with Crippen LogP contribution in [0, 0.1) is 20.4 Å². The topological polar surface area (TPSA) is 137 Å². The predicted octanol–water partition coefficient (Wildman–Crippen LogP) is 3.90. The Hall–Kier alpha value is -4.63. The summed E-state index contributed by atoms with van der Waals surface area (Å²) in [5.41, 5.74) is 1.33. The van der Waals surface area contributed by atoms with Crippen LogP contribution >= 0.6 is 11.6 Å². The molecule has 0 aliphatic carbocycles. The van der Waals surface area contributed by atoms with Gasteiger partial charge in [0, 0.05) is 11.7 Å². The summed E-state index contributed by atoms with van der Waals surface area (Å²) in [6.07, 6.45) is 1.54. The summed E-state index contributed by atoms with van der Waals surface area (Å²) in [6.45, 7) is 16.5. The van der Waals surface area contributed by atoms with Crippen molar-refractivity contribution >= 4 is 34.8 Å². The number of aryl methyl sites for hydroxylation is 2. The average Bonchev–Trinajstić information content (AvgIpc) is 3.45. The molecule has 3 aromatic heterocycles. The lowest BCUT2D eigenvalue weighted by molar-refractivity contribution is 0.0920. The molecule has 13 heteroatoms. The molecular weight excluding hydrogens is 508 g/mol. The number of hydrogen-bond donors (Lipinski definition) is 2. The van der Waals surface area contributed by atoms with Crippen LogP contribution in [0.3, 0.4) is 0 Å². The third-order valence-electron chi connectivity index (χ3n) is 5.21. The zero-order chi connectivity index (χ0) is 27.6. The van der Waals surface area contributed by atoms with Crippen molar-refractivity contribution < 1.29 is 9.59 Å². The number of carbonyl (C=O) groups excluding carboxylic acids is 2. The maximum absolute atomic E-state index is 13.7. The van der Waals surface area contributed by atoms with Crippen LogP contribution in [0.25, 0.3) is 10.7 Å². The normalized spacial score (nSPS) is 11.2. The van der Waals surface area contributed by atoms with E-state index in [4.69, 9.17) is 18.2 Å². The number of pyridine rings is 1. The van der Waals surface area contributed by atoms with E-state index in [-0.39, 0.29) is 40.0 Å². The highest BCUT2D eigenvalue weighted by Crippen LogP contribution is 2.29. The SMILES string of the molecule is [C-]#[N+]c1cc(C)c(NC(=O)c2cc(Cn3nnc(C)n3)nn2-c2ncccc2Cl)c(C(=O)NC(C)(C)C)c1. The van der Waals surface area contributed by atoms with Crippen molar-refractivity contribution in [3.05, 3.63) is 81.3 Å². The molecule has 0 spiro atoms. The molecule has 1 aromatic carbocycles. The Balaban J connectivity index is 1.77. The first-order valence-corrected chi connectivity index (χ1v) is 11.9. The first kappa shape index (κ1) is 26.4. The highest BCUT2D eigenvalue weighted by Gasteiger charge is 2.24. The fourth-order valence-electron chi connectivity index (χ4n) is 3.66. The van der Waals surface area contributed by atoms with E-state index in [2.05, 4.69) is 41.0 Å². The van der Waals surface area contributed by atoms with Crippen molar-refractivity contribution in [2.75, 3.05) is 5.32 Å². The van der Waals surface area contributed by atoms with Crippen molar-refractivity contribution in [3.63, 3.8) is 0 Å². The lowest BCUT2D eigenvalue weighted by Crippen LogP contribution is -2.41. The smallest absolute Gasteiger partial charge is 0.274 e. The highest BCUT2D eigenvalue weighted by atomic mass is 35.5. The summed E-state index contributed by atoms with van der Waals surface area (Å²) < 4.78 is 1.33. The molecule has 0 saturated heterocycles. The number of hydrogen-bond acceptors (Lipinski definition) is 7. The summed E-state index contributed by atoms with van der Waals surface area (Å²) in [7, 11) is 0. The summed E-state index contributed by atoms with van der Waals surface area (Å²) in [5.74, 6) is -0.235. The van der Waals surface area contributed by atoms with Gasteiger partial charge in [0.15, 0.2) is 17.3 Å². The number of nitrogens with zero attached hydrogens (tertiary/aromatic N) is 8. The number of nitrogens with one attached hydrogen (secondary N) is 2. The summed E-state index contributed by atoms with van der Waals surface area (Å²) in [4.78, 5) is 35.9. The molecule has 2 amide bonds. The Labute approximate surface area is 223 Å². The van der Waals surface area contributed by atoms with Crippen molar-refractivity contribution in [2.45, 2.75) is 46.7 Å². The number of anilines is 1. The minimum absolute atomic E-state index is 0.119. The molecule has 38 heavy (non-hydrogen) atoms. The van der Waals surface area contributed by atoms with Gasteiger partial charge in [-0.3, -0.25) is 9.59 Å². The van der Waals surface area contributed by atoms with Gasteiger partial charge in [-0.05, 0) is 69.7 Å². The van der Waals surface area contributed by atoms with Crippen molar-refractivity contribution in [3.8, 4) is 5.82 Å². The number of benzene rings is 1. The van der Waals surface area contributed by atoms with Crippen molar-refractivity contribution in [1.29, 1.82) is 0 Å². The van der Waals surface area contributed by atoms with Gasteiger partial charge in [-0.25, -0.2) is 14.5 Å². The van der Waals surface area contributed by atoms with Gasteiger partial charge in [0.05, 0.1) is 28.5 Å². The van der Waals surface area contributed by atoms with E-state index in [1.165, 1.54) is 21.7 Å². The van der Waals surface area contributed by atoms with E-state index >= 15 is 0 Å². The molecule has 0 atom stereocenters. The molecule has 0 saturated carbocycles. The monoisotopic (exact) mass is 532 g/mol. The van der Waals surface area contributed by atoms with Crippen LogP contribution < -0.4 is 10.6 Å². The Kier molecular flexibility index (Phi) is 7.23. The lowest BCUT2D eigenvalue weighted by Gasteiger charge is -2.22. The predicted molar refractivity (Wildman–Crippen MR) is 141 cm³/mol. The first-order chi connectivity index (χ1) is 17.9. The quantitative estimate of drug-likeness (QED) is 0.359. The number of rotatable bonds is 6. The number of halogens is 1. The maximum atomic E-state index is 13.7. The Bertz CT molecular complexity index is 1580. The Morgan fingerprint density at radius 3 is 2.53 bits per heavy atom. The zero-order valence-corrected chi connectivity index (χ0v) is 22.2. The van der Waals surface area contributed by atoms with E-state index in [1.54, 1.807) is 38.1 Å². The minimum atomic E-state index is -0.559. The molecule has 0 unspecified atom stereocenters. The molecule has 4 aromatic rings. The Morgan fingerprint density at radius 1 is 1.13 bits per heavy atom. The fourth-order valence-corrected chi connectivity index (χ4v) is 3.86. The van der Waals surface area contributed by atoms with Gasteiger partial charge in [0.1, 0.15) is 12.2 Å². The zero-order valence-electron chi connectivity index (χ0n) is 21.4. The van der Waals surface area contributed by atoms with E-state index in [9.17, 15) is 9.59 Å². The van der Waals surface area contributed by atoms with Crippen LogP contribution in [-0.4, -0.2) is 52.3 Å². The molecule has 3 heterocycles. The number of carbonyl (C=O) groups is 2. The van der Waals surface area contributed by atoms with Gasteiger partial charge in [-0.2, -0.15) is 9.90 Å². The average molecular weight is 533 g/mol. The second-order valence-corrected chi connectivity index (χ2v) is 9.97. The van der Waals surface area contributed by atoms with Crippen LogP contribution in [0.1, 0.15) is 58.7 Å². The first-order valence-electron chi connectivity index (χ1n) is 11.6. The molecule has 0 bridgehead atoms. The third kappa shape index (κ3) is 5.84. The van der Waals surface area contributed by atoms with Gasteiger partial charge in [0.2, 0.25) is 0 Å². The summed E-state index contributed by atoms with van der Waals surface area (Å²) >= 11 is 6.38. The van der Waals surface area contributed by atoms with Crippen LogP contribution in [0.2, 0.25) is 5.02 Å². The van der Waals surface area contributed by atoms with E-state index in [0.717, 1.165) is 0 Å². The van der Waals surface area contributed by atoms with Gasteiger partial charge >= 0.3 is 0 Å². The van der Waals surface area contributed by atoms with E-state index < -0.39 is 17.4 Å². The van der Waals surface area contributed by atoms with E-state index in [0.29, 0.717) is 17.1 Å². The molecule has 0 aliphatic rings. The Morgan fingerprint density at radius 2 is 1.89 bits per heavy atom. The maximum Gasteiger partial charge on any atom is 0.274 e. The van der Waals surface area contributed by atoms with Gasteiger partial charge in [-0.1, -0.05) is 17.7 Å². The van der Waals surface area contributed by atoms with Gasteiger partial charge < -0.3 is 10.6 Å². The van der Waals surface area contributed by atoms with Gasteiger partial charge in [0.25, 0.3) is 11.8 Å². The summed E-state index contributed by atoms with van der Waals surface area (Å²) in [5, 5.41) is 22.5. The van der Waals surface area contributed by atoms with E-state index in [1.807, 2.05) is 20.8 Å². The second kappa shape index (κ2) is 10.4. The molecule has 4 rings (SSSR count). The number of tetrazole rings is 1. The molecule has 0 fully saturated rings. The standard InChI is InChI=1S/C25H25ClN10O2/c1-14-10-16(27-6)11-18(23(37)30-25(3,4)5)21(14)29-24(38)20-12-17(13-35-32-15(2)31-34-35)33-36(20)22-19(26)8-7-9-28-22/h7-12H,13H2,1-5H3,(H,29,38)(H,30,37). The van der Waals surface area contributed by atoms with Gasteiger partial charge in [-0.15, -0.1) is 10.2 Å². The third-order valence-corrected chi connectivity index (χ3v) is 5.50. The molecule has 0 aliphatic heterocycles. The second-order valence-electron chi connectivity index (χ2n) is 9.56. The highest BCUT2D eigenvalue weighted by molar-refractivity contribution is 6.32. The van der Waals surface area contributed by atoms with Crippen molar-refractivity contribution in [2.24, 2.45) is 0 Å². The van der Waals surface area contributed by atoms with Crippen LogP contribution in [-0.2, 0) is 6.54 Å². The molecular formula is C25H25ClN10O2. The lowest BCUT2D eigenvalue weighted by atomic mass is 10.0. The molecule has 194 valence electrons. The van der Waals surface area contributed by atoms with Crippen LogP contribution in [0.5, 0.6) is 0 Å².